The number of ether oxygens (including phenoxy) is 1. The van der Waals surface area contributed by atoms with Gasteiger partial charge in [-0.1, -0.05) is 13.0 Å². The van der Waals surface area contributed by atoms with Gasteiger partial charge >= 0.3 is 0 Å². The van der Waals surface area contributed by atoms with Crippen molar-refractivity contribution < 1.29 is 18.6 Å². The Kier molecular flexibility index (Phi) is 5.32. The number of nitrogens with one attached hydrogen (secondary N) is 1. The number of aromatic amines is 1. The summed E-state index contributed by atoms with van der Waals surface area (Å²) in [7, 11) is 0. The number of halogens is 2. The van der Waals surface area contributed by atoms with E-state index in [1.807, 2.05) is 0 Å². The highest BCUT2D eigenvalue weighted by Gasteiger charge is 2.48. The van der Waals surface area contributed by atoms with Gasteiger partial charge in [0.05, 0.1) is 12.7 Å². The van der Waals surface area contributed by atoms with Gasteiger partial charge in [0.1, 0.15) is 6.33 Å². The van der Waals surface area contributed by atoms with E-state index in [1.54, 1.807) is 0 Å². The van der Waals surface area contributed by atoms with E-state index in [4.69, 9.17) is 4.74 Å². The molecule has 7 heteroatoms. The molecule has 0 aliphatic heterocycles. The van der Waals surface area contributed by atoms with Crippen LogP contribution in [0.5, 0.6) is 5.75 Å². The Hall–Kier alpha value is -2.02. The Labute approximate surface area is 145 Å². The Morgan fingerprint density at radius 3 is 2.80 bits per heavy atom. The third-order valence-electron chi connectivity index (χ3n) is 4.98. The van der Waals surface area contributed by atoms with Crippen molar-refractivity contribution in [3.8, 4) is 5.75 Å². The van der Waals surface area contributed by atoms with Crippen LogP contribution in [-0.2, 0) is 0 Å². The number of aliphatic hydroxyl groups is 1. The second kappa shape index (κ2) is 7.47. The molecule has 1 aliphatic carbocycles. The number of hydrogen-bond donors (Lipinski definition) is 2. The Morgan fingerprint density at radius 2 is 2.12 bits per heavy atom. The predicted molar refractivity (Wildman–Crippen MR) is 88.2 cm³/mol. The first-order valence-corrected chi connectivity index (χ1v) is 8.62. The summed E-state index contributed by atoms with van der Waals surface area (Å²) < 4.78 is 32.0. The molecular weight excluding hydrogens is 328 g/mol. The monoisotopic (exact) mass is 351 g/mol. The minimum Gasteiger partial charge on any atom is -0.490 e. The van der Waals surface area contributed by atoms with Crippen LogP contribution in [0.2, 0.25) is 0 Å². The molecule has 0 amide bonds. The predicted octanol–water partition coefficient (Wildman–Crippen LogP) is 3.58. The van der Waals surface area contributed by atoms with E-state index in [1.165, 1.54) is 18.5 Å². The maximum Gasteiger partial charge on any atom is 0.200 e. The van der Waals surface area contributed by atoms with Gasteiger partial charge in [0.2, 0.25) is 5.82 Å². The summed E-state index contributed by atoms with van der Waals surface area (Å²) >= 11 is 0. The van der Waals surface area contributed by atoms with Gasteiger partial charge < -0.3 is 9.84 Å². The summed E-state index contributed by atoms with van der Waals surface area (Å²) in [5.74, 6) is -1.46. The normalized spacial score (nSPS) is 17.9. The minimum atomic E-state index is -0.960. The second-order valence-corrected chi connectivity index (χ2v) is 6.96. The van der Waals surface area contributed by atoms with E-state index >= 15 is 0 Å². The zero-order chi connectivity index (χ0) is 17.9. The molecule has 1 heterocycles. The molecule has 1 aromatic heterocycles. The van der Waals surface area contributed by atoms with Crippen molar-refractivity contribution in [3.63, 3.8) is 0 Å². The molecule has 136 valence electrons. The molecule has 0 saturated heterocycles. The maximum atomic E-state index is 13.5. The molecule has 2 N–H and O–H groups in total. The smallest absolute Gasteiger partial charge is 0.200 e. The van der Waals surface area contributed by atoms with E-state index in [-0.39, 0.29) is 23.7 Å². The fourth-order valence-electron chi connectivity index (χ4n) is 3.05. The van der Waals surface area contributed by atoms with Crippen LogP contribution < -0.4 is 4.74 Å². The molecule has 1 saturated carbocycles. The zero-order valence-electron chi connectivity index (χ0n) is 14.2. The van der Waals surface area contributed by atoms with E-state index in [0.29, 0.717) is 18.7 Å². The first kappa shape index (κ1) is 17.8. The summed E-state index contributed by atoms with van der Waals surface area (Å²) in [5, 5.41) is 17.5. The first-order valence-electron chi connectivity index (χ1n) is 8.62. The molecule has 1 fully saturated rings. The zero-order valence-corrected chi connectivity index (χ0v) is 14.2. The van der Waals surface area contributed by atoms with E-state index in [0.717, 1.165) is 25.3 Å². The number of aromatic nitrogens is 3. The van der Waals surface area contributed by atoms with Crippen LogP contribution in [0.25, 0.3) is 0 Å². The van der Waals surface area contributed by atoms with Crippen LogP contribution in [0.4, 0.5) is 8.78 Å². The number of benzene rings is 1. The second-order valence-electron chi connectivity index (χ2n) is 6.96. The first-order chi connectivity index (χ1) is 12.0. The summed E-state index contributed by atoms with van der Waals surface area (Å²) in [6.07, 6.45) is 5.20. The molecule has 1 aromatic carbocycles. The van der Waals surface area contributed by atoms with Crippen LogP contribution >= 0.6 is 0 Å². The summed E-state index contributed by atoms with van der Waals surface area (Å²) in [6.45, 7) is 2.36. The van der Waals surface area contributed by atoms with E-state index in [2.05, 4.69) is 22.1 Å². The fraction of sp³-hybridized carbons (Fsp3) is 0.556. The van der Waals surface area contributed by atoms with Crippen molar-refractivity contribution in [2.75, 3.05) is 6.61 Å². The van der Waals surface area contributed by atoms with Crippen molar-refractivity contribution in [1.29, 1.82) is 0 Å². The standard InChI is InChI=1S/C18H23F2N3O2/c1-18(8-9-18)16(24)12(17-21-11-22-23-17)5-2-3-10-25-14-7-4-6-13(19)15(14)20/h4,6-7,11-12,16,24H,2-3,5,8-10H2,1H3,(H,21,22,23). The summed E-state index contributed by atoms with van der Waals surface area (Å²) in [4.78, 5) is 4.20. The Bertz CT molecular complexity index is 690. The lowest BCUT2D eigenvalue weighted by atomic mass is 9.85. The summed E-state index contributed by atoms with van der Waals surface area (Å²) in [5.41, 5.74) is -0.0491. The largest absolute Gasteiger partial charge is 0.490 e. The van der Waals surface area contributed by atoms with Gasteiger partial charge in [-0.15, -0.1) is 0 Å². The van der Waals surface area contributed by atoms with E-state index < -0.39 is 17.7 Å². The topological polar surface area (TPSA) is 71.0 Å². The molecule has 25 heavy (non-hydrogen) atoms. The van der Waals surface area contributed by atoms with Crippen LogP contribution in [0.1, 0.15) is 50.8 Å². The number of aliphatic hydroxyl groups excluding tert-OH is 1. The van der Waals surface area contributed by atoms with Gasteiger partial charge in [-0.3, -0.25) is 5.10 Å². The number of rotatable bonds is 9. The molecular formula is C18H23F2N3O2. The van der Waals surface area contributed by atoms with Gasteiger partial charge in [-0.25, -0.2) is 9.37 Å². The minimum absolute atomic E-state index is 0.0491. The SMILES string of the molecule is CC1(C(O)C(CCCCOc2cccc(F)c2F)c2nc[nH]n2)CC1. The van der Waals surface area contributed by atoms with Crippen LogP contribution in [0.15, 0.2) is 24.5 Å². The third-order valence-corrected chi connectivity index (χ3v) is 4.98. The van der Waals surface area contributed by atoms with Crippen LogP contribution in [0.3, 0.4) is 0 Å². The third kappa shape index (κ3) is 4.15. The van der Waals surface area contributed by atoms with Gasteiger partial charge in [-0.2, -0.15) is 9.49 Å². The Balaban J connectivity index is 1.49. The molecule has 2 atom stereocenters. The number of unbranched alkanes of at least 4 members (excludes halogenated alkanes) is 1. The van der Waals surface area contributed by atoms with Crippen LogP contribution in [0, 0.1) is 17.0 Å². The average molecular weight is 351 g/mol. The van der Waals surface area contributed by atoms with Crippen molar-refractivity contribution in [1.82, 2.24) is 15.2 Å². The van der Waals surface area contributed by atoms with Gasteiger partial charge in [0.15, 0.2) is 17.4 Å². The highest BCUT2D eigenvalue weighted by Crippen LogP contribution is 2.52. The highest BCUT2D eigenvalue weighted by molar-refractivity contribution is 5.24. The highest BCUT2D eigenvalue weighted by atomic mass is 19.2. The number of hydrogen-bond acceptors (Lipinski definition) is 4. The fourth-order valence-corrected chi connectivity index (χ4v) is 3.05. The van der Waals surface area contributed by atoms with Crippen molar-refractivity contribution in [2.45, 2.75) is 51.0 Å². The summed E-state index contributed by atoms with van der Waals surface area (Å²) in [6, 6.07) is 3.88. The molecule has 0 radical (unpaired) electrons. The molecule has 2 unspecified atom stereocenters. The quantitative estimate of drug-likeness (QED) is 0.678. The van der Waals surface area contributed by atoms with E-state index in [9.17, 15) is 13.9 Å². The van der Waals surface area contributed by atoms with Crippen molar-refractivity contribution in [2.24, 2.45) is 5.41 Å². The number of H-pyrrole nitrogens is 1. The average Bonchev–Trinajstić information content (AvgIpc) is 3.13. The van der Waals surface area contributed by atoms with Crippen molar-refractivity contribution in [3.05, 3.63) is 42.0 Å². The lowest BCUT2D eigenvalue weighted by Crippen LogP contribution is -2.28. The Morgan fingerprint density at radius 1 is 1.32 bits per heavy atom. The number of nitrogens with zero attached hydrogens (tertiary/aromatic N) is 2. The lowest BCUT2D eigenvalue weighted by Gasteiger charge is -2.25. The van der Waals surface area contributed by atoms with Gasteiger partial charge in [-0.05, 0) is 49.7 Å². The molecule has 3 rings (SSSR count). The van der Waals surface area contributed by atoms with Gasteiger partial charge in [0, 0.05) is 5.92 Å². The maximum absolute atomic E-state index is 13.5. The van der Waals surface area contributed by atoms with Gasteiger partial charge in [0.25, 0.3) is 0 Å². The van der Waals surface area contributed by atoms with Crippen LogP contribution in [-0.4, -0.2) is 33.0 Å². The molecule has 1 aliphatic rings. The van der Waals surface area contributed by atoms with Crippen molar-refractivity contribution >= 4 is 0 Å². The lowest BCUT2D eigenvalue weighted by molar-refractivity contribution is 0.0677. The molecule has 0 bridgehead atoms. The molecule has 0 spiro atoms. The molecule has 2 aromatic rings. The molecule has 5 nitrogen and oxygen atoms in total.